The molecule has 0 aliphatic carbocycles. The molecule has 1 aromatic rings. The number of benzene rings is 1. The van der Waals surface area contributed by atoms with Crippen molar-refractivity contribution >= 4 is 21.4 Å². The topological polar surface area (TPSA) is 34.1 Å². The Balaban J connectivity index is 2.96. The smallest absolute Gasteiger partial charge is 0.223 e. The van der Waals surface area contributed by atoms with Gasteiger partial charge in [-0.2, -0.15) is 8.78 Å². The average Bonchev–Trinajstić information content (AvgIpc) is 2.10. The third-order valence-corrected chi connectivity index (χ3v) is 3.56. The first-order valence-corrected chi connectivity index (χ1v) is 6.17. The van der Waals surface area contributed by atoms with E-state index in [1.165, 1.54) is 12.1 Å². The predicted octanol–water partition coefficient (Wildman–Crippen LogP) is 2.79. The average molecular weight is 255 g/mol. The first-order chi connectivity index (χ1) is 6.83. The van der Waals surface area contributed by atoms with E-state index in [9.17, 15) is 17.2 Å². The molecule has 84 valence electrons. The molecular formula is C9H9ClF2O2S. The summed E-state index contributed by atoms with van der Waals surface area (Å²) in [5, 5.41) is 0.372. The summed E-state index contributed by atoms with van der Waals surface area (Å²) >= 11 is 5.74. The molecule has 0 atom stereocenters. The lowest BCUT2D eigenvalue weighted by molar-refractivity contribution is 0.234. The van der Waals surface area contributed by atoms with E-state index in [0.717, 1.165) is 5.56 Å². The van der Waals surface area contributed by atoms with Gasteiger partial charge in [0.15, 0.2) is 0 Å². The third-order valence-electron chi connectivity index (χ3n) is 1.88. The van der Waals surface area contributed by atoms with Gasteiger partial charge in [-0.3, -0.25) is 0 Å². The molecule has 0 bridgehead atoms. The molecule has 0 unspecified atom stereocenters. The number of halogens is 3. The van der Waals surface area contributed by atoms with E-state index in [1.807, 2.05) is 0 Å². The molecule has 0 amide bonds. The SMILES string of the molecule is Cc1ccc(CS(=O)(=O)C(F)F)cc1Cl. The van der Waals surface area contributed by atoms with Crippen LogP contribution in [0, 0.1) is 6.92 Å². The maximum Gasteiger partial charge on any atom is 0.337 e. The molecule has 0 aliphatic heterocycles. The zero-order valence-corrected chi connectivity index (χ0v) is 9.45. The van der Waals surface area contributed by atoms with Crippen LogP contribution in [0.4, 0.5) is 8.78 Å². The van der Waals surface area contributed by atoms with Crippen LogP contribution in [0.3, 0.4) is 0 Å². The van der Waals surface area contributed by atoms with Gasteiger partial charge in [-0.25, -0.2) is 8.42 Å². The Morgan fingerprint density at radius 2 is 2.00 bits per heavy atom. The van der Waals surface area contributed by atoms with Crippen LogP contribution in [0.2, 0.25) is 5.02 Å². The Kier molecular flexibility index (Phi) is 3.67. The Labute approximate surface area is 91.8 Å². The maximum absolute atomic E-state index is 12.1. The summed E-state index contributed by atoms with van der Waals surface area (Å²) in [7, 11) is -4.37. The molecule has 0 saturated heterocycles. The Morgan fingerprint density at radius 1 is 1.40 bits per heavy atom. The fourth-order valence-corrected chi connectivity index (χ4v) is 1.99. The summed E-state index contributed by atoms with van der Waals surface area (Å²) in [5.41, 5.74) is 1.04. The van der Waals surface area contributed by atoms with Gasteiger partial charge in [-0.15, -0.1) is 0 Å². The number of alkyl halides is 2. The van der Waals surface area contributed by atoms with Gasteiger partial charge >= 0.3 is 5.76 Å². The molecule has 0 saturated carbocycles. The summed E-state index contributed by atoms with van der Waals surface area (Å²) in [6.07, 6.45) is 0. The van der Waals surface area contributed by atoms with Gasteiger partial charge in [0.1, 0.15) is 0 Å². The van der Waals surface area contributed by atoms with E-state index in [0.29, 0.717) is 5.02 Å². The van der Waals surface area contributed by atoms with Crippen LogP contribution in [0.1, 0.15) is 11.1 Å². The molecule has 0 spiro atoms. The van der Waals surface area contributed by atoms with Crippen molar-refractivity contribution in [1.82, 2.24) is 0 Å². The van der Waals surface area contributed by atoms with Gasteiger partial charge in [0, 0.05) is 5.02 Å². The maximum atomic E-state index is 12.1. The standard InChI is InChI=1S/C9H9ClF2O2S/c1-6-2-3-7(4-8(6)10)5-15(13,14)9(11)12/h2-4,9H,5H2,1H3. The minimum absolute atomic E-state index is 0.269. The quantitative estimate of drug-likeness (QED) is 0.831. The van der Waals surface area contributed by atoms with Crippen LogP contribution in [-0.4, -0.2) is 14.2 Å². The molecular weight excluding hydrogens is 246 g/mol. The van der Waals surface area contributed by atoms with Crippen molar-refractivity contribution in [3.8, 4) is 0 Å². The molecule has 0 heterocycles. The highest BCUT2D eigenvalue weighted by Crippen LogP contribution is 2.20. The van der Waals surface area contributed by atoms with Gasteiger partial charge in [0.25, 0.3) is 0 Å². The minimum Gasteiger partial charge on any atom is -0.223 e. The molecule has 0 aliphatic rings. The Bertz CT molecular complexity index is 457. The van der Waals surface area contributed by atoms with Crippen LogP contribution in [-0.2, 0) is 15.6 Å². The van der Waals surface area contributed by atoms with E-state index in [1.54, 1.807) is 13.0 Å². The summed E-state index contributed by atoms with van der Waals surface area (Å²) < 4.78 is 45.9. The monoisotopic (exact) mass is 254 g/mol. The lowest BCUT2D eigenvalue weighted by Gasteiger charge is -2.04. The number of hydrogen-bond acceptors (Lipinski definition) is 2. The number of rotatable bonds is 3. The van der Waals surface area contributed by atoms with E-state index in [2.05, 4.69) is 0 Å². The molecule has 1 aromatic carbocycles. The van der Waals surface area contributed by atoms with Crippen LogP contribution in [0.5, 0.6) is 0 Å². The van der Waals surface area contributed by atoms with Crippen molar-refractivity contribution < 1.29 is 17.2 Å². The van der Waals surface area contributed by atoms with E-state index >= 15 is 0 Å². The van der Waals surface area contributed by atoms with Crippen LogP contribution < -0.4 is 0 Å². The first kappa shape index (κ1) is 12.4. The fraction of sp³-hybridized carbons (Fsp3) is 0.333. The molecule has 6 heteroatoms. The van der Waals surface area contributed by atoms with Gasteiger partial charge in [-0.1, -0.05) is 23.7 Å². The lowest BCUT2D eigenvalue weighted by Crippen LogP contribution is -2.13. The van der Waals surface area contributed by atoms with Gasteiger partial charge in [0.2, 0.25) is 9.84 Å². The normalized spacial score (nSPS) is 12.1. The first-order valence-electron chi connectivity index (χ1n) is 4.07. The molecule has 15 heavy (non-hydrogen) atoms. The third kappa shape index (κ3) is 3.14. The molecule has 0 N–H and O–H groups in total. The largest absolute Gasteiger partial charge is 0.337 e. The summed E-state index contributed by atoms with van der Waals surface area (Å²) in [4.78, 5) is 0. The van der Waals surface area contributed by atoms with Crippen molar-refractivity contribution in [1.29, 1.82) is 0 Å². The molecule has 0 fully saturated rings. The van der Waals surface area contributed by atoms with E-state index in [4.69, 9.17) is 11.6 Å². The van der Waals surface area contributed by atoms with Crippen molar-refractivity contribution in [3.63, 3.8) is 0 Å². The highest BCUT2D eigenvalue weighted by molar-refractivity contribution is 7.90. The second-order valence-electron chi connectivity index (χ2n) is 3.15. The summed E-state index contributed by atoms with van der Waals surface area (Å²) in [6, 6.07) is 4.45. The zero-order chi connectivity index (χ0) is 11.6. The van der Waals surface area contributed by atoms with E-state index < -0.39 is 21.3 Å². The predicted molar refractivity (Wildman–Crippen MR) is 54.8 cm³/mol. The summed E-state index contributed by atoms with van der Waals surface area (Å²) in [6.45, 7) is 1.74. The highest BCUT2D eigenvalue weighted by Gasteiger charge is 2.24. The van der Waals surface area contributed by atoms with Gasteiger partial charge < -0.3 is 0 Å². The van der Waals surface area contributed by atoms with Crippen LogP contribution in [0.25, 0.3) is 0 Å². The fourth-order valence-electron chi connectivity index (χ4n) is 1.02. The minimum atomic E-state index is -4.37. The number of hydrogen-bond donors (Lipinski definition) is 0. The van der Waals surface area contributed by atoms with Crippen molar-refractivity contribution in [2.45, 2.75) is 18.4 Å². The molecule has 2 nitrogen and oxygen atoms in total. The van der Waals surface area contributed by atoms with Gasteiger partial charge in [-0.05, 0) is 24.1 Å². The Morgan fingerprint density at radius 3 is 2.47 bits per heavy atom. The van der Waals surface area contributed by atoms with Crippen LogP contribution >= 0.6 is 11.6 Å². The van der Waals surface area contributed by atoms with E-state index in [-0.39, 0.29) is 5.56 Å². The summed E-state index contributed by atoms with van der Waals surface area (Å²) in [5.74, 6) is -4.04. The highest BCUT2D eigenvalue weighted by atomic mass is 35.5. The van der Waals surface area contributed by atoms with Crippen molar-refractivity contribution in [2.24, 2.45) is 0 Å². The van der Waals surface area contributed by atoms with Gasteiger partial charge in [0.05, 0.1) is 5.75 Å². The van der Waals surface area contributed by atoms with Crippen molar-refractivity contribution in [2.75, 3.05) is 0 Å². The number of aryl methyl sites for hydroxylation is 1. The second kappa shape index (κ2) is 4.45. The molecule has 0 radical (unpaired) electrons. The zero-order valence-electron chi connectivity index (χ0n) is 7.88. The van der Waals surface area contributed by atoms with Crippen LogP contribution in [0.15, 0.2) is 18.2 Å². The second-order valence-corrected chi connectivity index (χ2v) is 5.53. The Hall–Kier alpha value is -0.680. The lowest BCUT2D eigenvalue weighted by atomic mass is 10.2. The van der Waals surface area contributed by atoms with Crippen molar-refractivity contribution in [3.05, 3.63) is 34.3 Å². The number of sulfone groups is 1. The molecule has 1 rings (SSSR count). The molecule has 0 aromatic heterocycles.